The number of hydrogen-bond acceptors (Lipinski definition) is 16. The van der Waals surface area contributed by atoms with Crippen LogP contribution in [0.2, 0.25) is 0 Å². The monoisotopic (exact) mass is 825 g/mol. The Morgan fingerprint density at radius 2 is 1.02 bits per heavy atom. The molecule has 0 aliphatic carbocycles. The molecule has 3 aromatic carbocycles. The predicted molar refractivity (Wildman–Crippen MR) is 197 cm³/mol. The highest BCUT2D eigenvalue weighted by molar-refractivity contribution is 7.86. The standard InChI is InChI=1S/C36H43NO15S3/c1-6-46-34(38)28(35(39)47-7-2)23-37-33-32(52-55(5,44)45)31(51-54(4,42)43)30(50-53(3,40)41)29(49-33)24-48-36(25-17-11-8-12-18-25,26-19-13-9-14-20-26)27-21-15-10-16-22-27/h8-23,29-33,37H,6-7,24H2,1-5H3/t29-,30-,31+,32-,33-/m1/s1. The van der Waals surface area contributed by atoms with Gasteiger partial charge in [-0.25, -0.2) is 9.59 Å². The number of nitrogens with one attached hydrogen (secondary N) is 1. The summed E-state index contributed by atoms with van der Waals surface area (Å²) in [5.41, 5.74) is -0.184. The molecule has 55 heavy (non-hydrogen) atoms. The first kappa shape index (κ1) is 43.5. The van der Waals surface area contributed by atoms with E-state index in [1.807, 2.05) is 54.6 Å². The van der Waals surface area contributed by atoms with Crippen molar-refractivity contribution in [2.75, 3.05) is 38.6 Å². The van der Waals surface area contributed by atoms with Gasteiger partial charge in [0.1, 0.15) is 23.9 Å². The van der Waals surface area contributed by atoms with E-state index in [2.05, 4.69) is 5.32 Å². The van der Waals surface area contributed by atoms with Crippen molar-refractivity contribution in [2.24, 2.45) is 0 Å². The molecule has 1 aliphatic rings. The maximum Gasteiger partial charge on any atom is 0.347 e. The second-order valence-corrected chi connectivity index (χ2v) is 16.9. The molecule has 1 saturated heterocycles. The van der Waals surface area contributed by atoms with Crippen LogP contribution in [-0.4, -0.2) is 106 Å². The largest absolute Gasteiger partial charge is 0.462 e. The van der Waals surface area contributed by atoms with E-state index in [0.29, 0.717) is 35.5 Å². The first-order valence-electron chi connectivity index (χ1n) is 16.8. The fourth-order valence-electron chi connectivity index (χ4n) is 5.88. The molecule has 19 heteroatoms. The Labute approximate surface area is 321 Å². The number of carbonyl (C=O) groups excluding carboxylic acids is 2. The van der Waals surface area contributed by atoms with Gasteiger partial charge in [0.05, 0.1) is 38.6 Å². The van der Waals surface area contributed by atoms with Crippen molar-refractivity contribution >= 4 is 42.3 Å². The van der Waals surface area contributed by atoms with Crippen molar-refractivity contribution in [1.29, 1.82) is 0 Å². The van der Waals surface area contributed by atoms with Crippen molar-refractivity contribution in [1.82, 2.24) is 5.32 Å². The summed E-state index contributed by atoms with van der Waals surface area (Å²) in [6, 6.07) is 27.1. The van der Waals surface area contributed by atoms with E-state index in [9.17, 15) is 34.8 Å². The van der Waals surface area contributed by atoms with Crippen LogP contribution in [0.5, 0.6) is 0 Å². The lowest BCUT2D eigenvalue weighted by Crippen LogP contribution is -2.65. The van der Waals surface area contributed by atoms with Gasteiger partial charge in [0, 0.05) is 6.20 Å². The van der Waals surface area contributed by atoms with Crippen LogP contribution in [-0.2, 0) is 77.0 Å². The number of esters is 2. The molecule has 1 fully saturated rings. The van der Waals surface area contributed by atoms with Crippen LogP contribution in [0.15, 0.2) is 103 Å². The maximum atomic E-state index is 12.8. The molecule has 1 N–H and O–H groups in total. The van der Waals surface area contributed by atoms with E-state index in [4.69, 9.17) is 31.5 Å². The highest BCUT2D eigenvalue weighted by atomic mass is 32.2. The molecule has 0 bridgehead atoms. The minimum atomic E-state index is -4.53. The minimum Gasteiger partial charge on any atom is -0.462 e. The zero-order valence-electron chi connectivity index (χ0n) is 30.6. The van der Waals surface area contributed by atoms with Crippen LogP contribution in [0, 0.1) is 0 Å². The summed E-state index contributed by atoms with van der Waals surface area (Å²) in [6.45, 7) is 2.16. The highest BCUT2D eigenvalue weighted by Gasteiger charge is 2.53. The van der Waals surface area contributed by atoms with Gasteiger partial charge < -0.3 is 24.3 Å². The molecule has 0 amide bonds. The van der Waals surface area contributed by atoms with Gasteiger partial charge in [-0.05, 0) is 30.5 Å². The molecule has 16 nitrogen and oxygen atoms in total. The first-order chi connectivity index (χ1) is 25.9. The average molecular weight is 826 g/mol. The van der Waals surface area contributed by atoms with Crippen LogP contribution in [0.3, 0.4) is 0 Å². The lowest BCUT2D eigenvalue weighted by atomic mass is 9.80. The summed E-state index contributed by atoms with van der Waals surface area (Å²) in [7, 11) is -13.5. The normalized spacial score (nSPS) is 20.6. The fourth-order valence-corrected chi connectivity index (χ4v) is 7.75. The van der Waals surface area contributed by atoms with Crippen molar-refractivity contribution in [3.8, 4) is 0 Å². The zero-order chi connectivity index (χ0) is 40.4. The average Bonchev–Trinajstić information content (AvgIpc) is 3.11. The van der Waals surface area contributed by atoms with E-state index in [1.165, 1.54) is 13.8 Å². The van der Waals surface area contributed by atoms with Crippen LogP contribution >= 0.6 is 0 Å². The molecule has 1 aliphatic heterocycles. The van der Waals surface area contributed by atoms with Gasteiger partial charge in [-0.15, -0.1) is 0 Å². The molecule has 0 saturated carbocycles. The molecule has 0 aromatic heterocycles. The van der Waals surface area contributed by atoms with Crippen LogP contribution in [0.4, 0.5) is 0 Å². The summed E-state index contributed by atoms with van der Waals surface area (Å²) >= 11 is 0. The second kappa shape index (κ2) is 18.6. The Balaban J connectivity index is 1.93. The third-order valence-corrected chi connectivity index (χ3v) is 9.59. The third-order valence-electron chi connectivity index (χ3n) is 7.88. The summed E-state index contributed by atoms with van der Waals surface area (Å²) in [4.78, 5) is 25.5. The van der Waals surface area contributed by atoms with E-state index in [-0.39, 0.29) is 13.2 Å². The molecule has 0 unspecified atom stereocenters. The number of hydrogen-bond donors (Lipinski definition) is 1. The summed E-state index contributed by atoms with van der Waals surface area (Å²) < 4.78 is 115. The molecular formula is C36H43NO15S3. The number of rotatable bonds is 18. The van der Waals surface area contributed by atoms with E-state index in [0.717, 1.165) is 6.20 Å². The SMILES string of the molecule is CCOC(=O)C(=CN[C@@H]1O[C@H](COC(c2ccccc2)(c2ccccc2)c2ccccc2)[C@@H](OS(C)(=O)=O)[C@H](OS(C)(=O)=O)[C@H]1OS(C)(=O)=O)C(=O)OCC. The molecule has 3 aromatic rings. The number of carbonyl (C=O) groups is 2. The van der Waals surface area contributed by atoms with Gasteiger partial charge >= 0.3 is 11.9 Å². The number of benzene rings is 3. The van der Waals surface area contributed by atoms with Crippen molar-refractivity contribution < 1.29 is 66.3 Å². The Kier molecular flexibility index (Phi) is 14.7. The predicted octanol–water partition coefficient (Wildman–Crippen LogP) is 2.35. The van der Waals surface area contributed by atoms with Crippen LogP contribution in [0.25, 0.3) is 0 Å². The highest BCUT2D eigenvalue weighted by Crippen LogP contribution is 2.41. The lowest BCUT2D eigenvalue weighted by molar-refractivity contribution is -0.222. The van der Waals surface area contributed by atoms with Gasteiger partial charge in [-0.1, -0.05) is 91.0 Å². The Morgan fingerprint density at radius 1 is 0.636 bits per heavy atom. The topological polar surface area (TPSA) is 213 Å². The molecular weight excluding hydrogens is 783 g/mol. The zero-order valence-corrected chi connectivity index (χ0v) is 33.0. The first-order valence-corrected chi connectivity index (χ1v) is 22.2. The smallest absolute Gasteiger partial charge is 0.347 e. The van der Waals surface area contributed by atoms with E-state index in [1.54, 1.807) is 36.4 Å². The van der Waals surface area contributed by atoms with Crippen LogP contribution < -0.4 is 5.32 Å². The maximum absolute atomic E-state index is 12.8. The van der Waals surface area contributed by atoms with Crippen molar-refractivity contribution in [3.05, 3.63) is 119 Å². The second-order valence-electron chi connectivity index (χ2n) is 12.1. The molecule has 0 spiro atoms. The van der Waals surface area contributed by atoms with Crippen molar-refractivity contribution in [2.45, 2.75) is 50.1 Å². The molecule has 1 heterocycles. The quantitative estimate of drug-likeness (QED) is 0.0487. The fraction of sp³-hybridized carbons (Fsp3) is 0.389. The van der Waals surface area contributed by atoms with Crippen LogP contribution in [0.1, 0.15) is 30.5 Å². The Morgan fingerprint density at radius 3 is 1.40 bits per heavy atom. The summed E-state index contributed by atoms with van der Waals surface area (Å²) in [6.07, 6.45) is -6.63. The van der Waals surface area contributed by atoms with Gasteiger partial charge in [-0.2, -0.15) is 25.3 Å². The molecule has 300 valence electrons. The third kappa shape index (κ3) is 11.9. The summed E-state index contributed by atoms with van der Waals surface area (Å²) in [5.74, 6) is -2.24. The van der Waals surface area contributed by atoms with E-state index < -0.39 is 90.7 Å². The minimum absolute atomic E-state index is 0.129. The molecule has 4 rings (SSSR count). The van der Waals surface area contributed by atoms with Gasteiger partial charge in [0.2, 0.25) is 0 Å². The Bertz CT molecular complexity index is 2000. The van der Waals surface area contributed by atoms with Gasteiger partial charge in [-0.3, -0.25) is 12.5 Å². The molecule has 0 radical (unpaired) electrons. The van der Waals surface area contributed by atoms with Gasteiger partial charge in [0.25, 0.3) is 30.4 Å². The lowest BCUT2D eigenvalue weighted by Gasteiger charge is -2.45. The number of ether oxygens (including phenoxy) is 4. The van der Waals surface area contributed by atoms with Gasteiger partial charge in [0.15, 0.2) is 17.9 Å². The van der Waals surface area contributed by atoms with E-state index >= 15 is 0 Å². The Hall–Kier alpha value is -4.21. The molecule has 5 atom stereocenters. The summed E-state index contributed by atoms with van der Waals surface area (Å²) in [5, 5.41) is 2.58. The van der Waals surface area contributed by atoms with Crippen molar-refractivity contribution in [3.63, 3.8) is 0 Å².